The van der Waals surface area contributed by atoms with Crippen LogP contribution < -0.4 is 9.47 Å². The highest BCUT2D eigenvalue weighted by atomic mass is 32.2. The summed E-state index contributed by atoms with van der Waals surface area (Å²) in [6.45, 7) is 6.76. The molecule has 0 aliphatic carbocycles. The molecule has 2 aromatic rings. The Morgan fingerprint density at radius 3 is 2.10 bits per heavy atom. The summed E-state index contributed by atoms with van der Waals surface area (Å²) < 4.78 is 30.3. The van der Waals surface area contributed by atoms with Gasteiger partial charge in [0.1, 0.15) is 11.9 Å². The summed E-state index contributed by atoms with van der Waals surface area (Å²) in [6.07, 6.45) is 2.81. The second-order valence-corrected chi connectivity index (χ2v) is 10.4. The first kappa shape index (κ1) is 21.8. The highest BCUT2D eigenvalue weighted by molar-refractivity contribution is 7.90. The van der Waals surface area contributed by atoms with Crippen LogP contribution in [0.3, 0.4) is 0 Å². The van der Waals surface area contributed by atoms with E-state index in [9.17, 15) is 9.35 Å². The zero-order valence-corrected chi connectivity index (χ0v) is 19.2. The molecule has 1 saturated heterocycles. The molecule has 0 aromatic heterocycles. The van der Waals surface area contributed by atoms with Crippen LogP contribution in [0, 0.1) is 5.92 Å². The fourth-order valence-electron chi connectivity index (χ4n) is 4.13. The van der Waals surface area contributed by atoms with E-state index in [1.807, 2.05) is 69.3 Å². The molecule has 0 radical (unpaired) electrons. The third-order valence-corrected chi connectivity index (χ3v) is 6.58. The van der Waals surface area contributed by atoms with E-state index in [4.69, 9.17) is 14.2 Å². The van der Waals surface area contributed by atoms with Crippen molar-refractivity contribution in [3.8, 4) is 11.5 Å². The Hall–Kier alpha value is -2.38. The number of para-hydroxylation sites is 2. The van der Waals surface area contributed by atoms with E-state index in [-0.39, 0.29) is 12.0 Å². The second kappa shape index (κ2) is 8.28. The van der Waals surface area contributed by atoms with Crippen LogP contribution in [0.1, 0.15) is 39.2 Å². The molecule has 2 aliphatic heterocycles. The maximum atomic E-state index is 12.5. The van der Waals surface area contributed by atoms with Crippen molar-refractivity contribution in [2.24, 2.45) is 5.92 Å². The first-order valence-corrected chi connectivity index (χ1v) is 12.1. The van der Waals surface area contributed by atoms with Crippen LogP contribution in [0.4, 0.5) is 4.79 Å². The molecule has 4 rings (SSSR count). The van der Waals surface area contributed by atoms with Crippen molar-refractivity contribution in [3.05, 3.63) is 54.1 Å². The number of rotatable bonds is 3. The van der Waals surface area contributed by atoms with Crippen molar-refractivity contribution in [2.75, 3.05) is 19.3 Å². The van der Waals surface area contributed by atoms with Crippen LogP contribution in [0.5, 0.6) is 11.5 Å². The number of fused-ring (bicyclic) bond motifs is 1. The Balaban J connectivity index is 1.58. The Kier molecular flexibility index (Phi) is 5.83. The maximum absolute atomic E-state index is 12.5. The quantitative estimate of drug-likeness (QED) is 0.644. The number of carbonyl (C=O) groups excluding carboxylic acids is 1. The van der Waals surface area contributed by atoms with Gasteiger partial charge in [0, 0.05) is 24.6 Å². The molecule has 0 spiro atoms. The summed E-state index contributed by atoms with van der Waals surface area (Å²) >= 11 is -1.06. The highest BCUT2D eigenvalue weighted by Crippen LogP contribution is 2.50. The molecule has 7 heteroatoms. The molecule has 1 amide bonds. The van der Waals surface area contributed by atoms with Crippen molar-refractivity contribution in [1.82, 2.24) is 4.90 Å². The molecule has 0 N–H and O–H groups in total. The standard InChI is InChI=1S/C24H29NO5S/c1-23(2,3)30-22(26)25-15-13-18(14-16-25)24(17-9-11-19(12-10-17)31(4)27)28-20-7-5-6-8-21(20)29-24/h5-12,18H,13-16H2,1-4H3. The minimum atomic E-state index is -1.06. The van der Waals surface area contributed by atoms with Crippen molar-refractivity contribution in [2.45, 2.75) is 49.9 Å². The fraction of sp³-hybridized carbons (Fsp3) is 0.458. The van der Waals surface area contributed by atoms with Crippen molar-refractivity contribution < 1.29 is 23.6 Å². The zero-order chi connectivity index (χ0) is 22.2. The van der Waals surface area contributed by atoms with Crippen LogP contribution >= 0.6 is 0 Å². The van der Waals surface area contributed by atoms with Gasteiger partial charge in [0.25, 0.3) is 5.79 Å². The van der Waals surface area contributed by atoms with Crippen LogP contribution in [0.2, 0.25) is 0 Å². The zero-order valence-electron chi connectivity index (χ0n) is 18.4. The lowest BCUT2D eigenvalue weighted by Gasteiger charge is -2.41. The summed E-state index contributed by atoms with van der Waals surface area (Å²) in [5.74, 6) is 0.481. The van der Waals surface area contributed by atoms with Crippen molar-refractivity contribution in [3.63, 3.8) is 0 Å². The lowest BCUT2D eigenvalue weighted by molar-refractivity contribution is -0.148. The average Bonchev–Trinajstić information content (AvgIpc) is 3.13. The van der Waals surface area contributed by atoms with E-state index < -0.39 is 22.6 Å². The molecule has 2 heterocycles. The molecular formula is C24H29NO5S. The molecule has 6 nitrogen and oxygen atoms in total. The fourth-order valence-corrected chi connectivity index (χ4v) is 4.65. The summed E-state index contributed by atoms with van der Waals surface area (Å²) in [6, 6.07) is 15.2. The van der Waals surface area contributed by atoms with Crippen LogP contribution in [-0.4, -0.2) is 40.5 Å². The number of piperidine rings is 1. The number of carbonyl (C=O) groups is 1. The third-order valence-electron chi connectivity index (χ3n) is 5.65. The molecule has 1 atom stereocenters. The molecule has 0 bridgehead atoms. The molecule has 31 heavy (non-hydrogen) atoms. The van der Waals surface area contributed by atoms with Gasteiger partial charge < -0.3 is 23.7 Å². The largest absolute Gasteiger partial charge is 0.612 e. The summed E-state index contributed by atoms with van der Waals surface area (Å²) in [7, 11) is 0. The topological polar surface area (TPSA) is 71.1 Å². The lowest BCUT2D eigenvalue weighted by Crippen LogP contribution is -2.50. The molecule has 1 unspecified atom stereocenters. The van der Waals surface area contributed by atoms with Gasteiger partial charge in [0.05, 0.1) is 0 Å². The molecule has 166 valence electrons. The predicted molar refractivity (Wildman–Crippen MR) is 119 cm³/mol. The van der Waals surface area contributed by atoms with Gasteiger partial charge in [0.2, 0.25) is 0 Å². The smallest absolute Gasteiger partial charge is 0.410 e. The highest BCUT2D eigenvalue weighted by Gasteiger charge is 2.51. The number of likely N-dealkylation sites (tertiary alicyclic amines) is 1. The number of amides is 1. The SMILES string of the molecule is C[S+]([O-])c1ccc(C2(C3CCN(C(=O)OC(C)(C)C)CC3)Oc3ccccc3O2)cc1. The number of ether oxygens (including phenoxy) is 3. The minimum Gasteiger partial charge on any atom is -0.612 e. The van der Waals surface area contributed by atoms with Gasteiger partial charge in [-0.3, -0.25) is 0 Å². The lowest BCUT2D eigenvalue weighted by atomic mass is 9.84. The third kappa shape index (κ3) is 4.48. The van der Waals surface area contributed by atoms with Crippen LogP contribution in [-0.2, 0) is 21.7 Å². The Morgan fingerprint density at radius 1 is 1.06 bits per heavy atom. The van der Waals surface area contributed by atoms with Gasteiger partial charge in [-0.05, 0) is 81.2 Å². The van der Waals surface area contributed by atoms with Crippen LogP contribution in [0.15, 0.2) is 53.4 Å². The van der Waals surface area contributed by atoms with Gasteiger partial charge in [-0.15, -0.1) is 0 Å². The van der Waals surface area contributed by atoms with Crippen molar-refractivity contribution in [1.29, 1.82) is 0 Å². The molecular weight excluding hydrogens is 414 g/mol. The van der Waals surface area contributed by atoms with Gasteiger partial charge >= 0.3 is 6.09 Å². The van der Waals surface area contributed by atoms with E-state index in [0.29, 0.717) is 37.4 Å². The summed E-state index contributed by atoms with van der Waals surface area (Å²) in [5.41, 5.74) is 0.365. The molecule has 2 aliphatic rings. The number of benzene rings is 2. The summed E-state index contributed by atoms with van der Waals surface area (Å²) in [5, 5.41) is 0. The number of hydrogen-bond donors (Lipinski definition) is 0. The monoisotopic (exact) mass is 443 g/mol. The van der Waals surface area contributed by atoms with Crippen LogP contribution in [0.25, 0.3) is 0 Å². The normalized spacial score (nSPS) is 19.2. The van der Waals surface area contributed by atoms with E-state index >= 15 is 0 Å². The second-order valence-electron chi connectivity index (χ2n) is 9.04. The van der Waals surface area contributed by atoms with E-state index in [1.165, 1.54) is 0 Å². The molecule has 2 aromatic carbocycles. The average molecular weight is 444 g/mol. The molecule has 0 saturated carbocycles. The van der Waals surface area contributed by atoms with E-state index in [0.717, 1.165) is 10.5 Å². The first-order chi connectivity index (χ1) is 14.7. The molecule has 1 fully saturated rings. The summed E-state index contributed by atoms with van der Waals surface area (Å²) in [4.78, 5) is 15.0. The van der Waals surface area contributed by atoms with E-state index in [1.54, 1.807) is 11.2 Å². The van der Waals surface area contributed by atoms with Gasteiger partial charge in [-0.2, -0.15) is 0 Å². The van der Waals surface area contributed by atoms with E-state index in [2.05, 4.69) is 0 Å². The van der Waals surface area contributed by atoms with Crippen molar-refractivity contribution >= 4 is 17.3 Å². The first-order valence-electron chi connectivity index (χ1n) is 10.6. The number of nitrogens with zero attached hydrogens (tertiary/aromatic N) is 1. The maximum Gasteiger partial charge on any atom is 0.410 e. The van der Waals surface area contributed by atoms with Gasteiger partial charge in [-0.1, -0.05) is 12.1 Å². The Labute approximate surface area is 186 Å². The van der Waals surface area contributed by atoms with Gasteiger partial charge in [0.15, 0.2) is 16.4 Å². The Bertz CT molecular complexity index is 905. The van der Waals surface area contributed by atoms with Gasteiger partial charge in [-0.25, -0.2) is 4.79 Å². The minimum absolute atomic E-state index is 0.0385. The predicted octanol–water partition coefficient (Wildman–Crippen LogP) is 4.70. The Morgan fingerprint density at radius 2 is 1.61 bits per heavy atom. The number of hydrogen-bond acceptors (Lipinski definition) is 5.